The Morgan fingerprint density at radius 2 is 1.92 bits per heavy atom. The molecule has 0 amide bonds. The molecule has 0 radical (unpaired) electrons. The number of carbonyl (C=O) groups is 2. The predicted octanol–water partition coefficient (Wildman–Crippen LogP) is -0.583. The Morgan fingerprint density at radius 3 is 2.33 bits per heavy atom. The molecule has 4 unspecified atom stereocenters. The minimum atomic E-state index is -0.953. The highest BCUT2D eigenvalue weighted by Gasteiger charge is 2.65. The van der Waals surface area contributed by atoms with E-state index in [4.69, 9.17) is 14.9 Å². The number of hydrogen-bond acceptors (Lipinski definition) is 3. The molecule has 2 rings (SSSR count). The molecular weight excluding hydrogens is 164 g/mol. The van der Waals surface area contributed by atoms with Crippen molar-refractivity contribution in [2.45, 2.75) is 6.10 Å². The van der Waals surface area contributed by atoms with Crippen LogP contribution in [0, 0.1) is 17.8 Å². The average molecular weight is 172 g/mol. The van der Waals surface area contributed by atoms with Gasteiger partial charge in [0, 0.05) is 5.92 Å². The molecule has 0 aromatic rings. The summed E-state index contributed by atoms with van der Waals surface area (Å²) in [6, 6.07) is 0. The standard InChI is InChI=1S/C7H8O5/c8-6(9)2-1-12-5-3(2)4(5)7(10)11/h2-5H,1H2,(H,8,9)(H,10,11). The second-order valence-electron chi connectivity index (χ2n) is 3.18. The van der Waals surface area contributed by atoms with Gasteiger partial charge in [-0.05, 0) is 0 Å². The fraction of sp³-hybridized carbons (Fsp3) is 0.714. The van der Waals surface area contributed by atoms with Gasteiger partial charge in [-0.2, -0.15) is 0 Å². The Balaban J connectivity index is 2.07. The van der Waals surface area contributed by atoms with E-state index >= 15 is 0 Å². The topological polar surface area (TPSA) is 83.8 Å². The number of carboxylic acid groups (broad SMARTS) is 2. The van der Waals surface area contributed by atoms with Crippen LogP contribution in [0.2, 0.25) is 0 Å². The van der Waals surface area contributed by atoms with Crippen LogP contribution in [0.3, 0.4) is 0 Å². The summed E-state index contributed by atoms with van der Waals surface area (Å²) in [5.41, 5.74) is 0. The number of carboxylic acids is 2. The third-order valence-electron chi connectivity index (χ3n) is 2.54. The third-order valence-corrected chi connectivity index (χ3v) is 2.54. The number of aliphatic carboxylic acids is 2. The van der Waals surface area contributed by atoms with Crippen molar-refractivity contribution in [1.29, 1.82) is 0 Å². The first-order valence-electron chi connectivity index (χ1n) is 3.70. The highest BCUT2D eigenvalue weighted by Crippen LogP contribution is 2.52. The van der Waals surface area contributed by atoms with Crippen molar-refractivity contribution in [3.63, 3.8) is 0 Å². The van der Waals surface area contributed by atoms with Crippen molar-refractivity contribution >= 4 is 11.9 Å². The van der Waals surface area contributed by atoms with Crippen LogP contribution in [-0.4, -0.2) is 34.9 Å². The summed E-state index contributed by atoms with van der Waals surface area (Å²) in [6.07, 6.45) is -0.344. The van der Waals surface area contributed by atoms with E-state index in [0.29, 0.717) is 0 Å². The molecule has 1 saturated heterocycles. The van der Waals surface area contributed by atoms with Crippen molar-refractivity contribution in [2.75, 3.05) is 6.61 Å². The van der Waals surface area contributed by atoms with Crippen LogP contribution in [0.1, 0.15) is 0 Å². The van der Waals surface area contributed by atoms with Gasteiger partial charge in [0.25, 0.3) is 0 Å². The maximum absolute atomic E-state index is 10.5. The zero-order chi connectivity index (χ0) is 8.88. The zero-order valence-corrected chi connectivity index (χ0v) is 6.14. The Kier molecular flexibility index (Phi) is 1.38. The molecule has 0 aromatic heterocycles. The molecule has 4 atom stereocenters. The van der Waals surface area contributed by atoms with Crippen LogP contribution < -0.4 is 0 Å². The SMILES string of the molecule is O=C(O)C1COC2C(C(=O)O)C12. The van der Waals surface area contributed by atoms with Gasteiger partial charge >= 0.3 is 11.9 Å². The van der Waals surface area contributed by atoms with Gasteiger partial charge < -0.3 is 14.9 Å². The van der Waals surface area contributed by atoms with Gasteiger partial charge in [0.2, 0.25) is 0 Å². The van der Waals surface area contributed by atoms with E-state index in [1.165, 1.54) is 0 Å². The van der Waals surface area contributed by atoms with Gasteiger partial charge in [0.05, 0.1) is 24.5 Å². The molecule has 2 aliphatic rings. The molecule has 2 fully saturated rings. The lowest BCUT2D eigenvalue weighted by molar-refractivity contribution is -0.145. The second kappa shape index (κ2) is 2.20. The molecule has 1 aliphatic heterocycles. The van der Waals surface area contributed by atoms with E-state index in [0.717, 1.165) is 0 Å². The summed E-state index contributed by atoms with van der Waals surface area (Å²) < 4.78 is 5.01. The lowest BCUT2D eigenvalue weighted by Gasteiger charge is -2.05. The van der Waals surface area contributed by atoms with Gasteiger partial charge in [0.15, 0.2) is 0 Å². The largest absolute Gasteiger partial charge is 0.481 e. The van der Waals surface area contributed by atoms with Crippen molar-refractivity contribution in [3.05, 3.63) is 0 Å². The summed E-state index contributed by atoms with van der Waals surface area (Å²) in [5.74, 6) is -3.39. The molecule has 5 heteroatoms. The van der Waals surface area contributed by atoms with E-state index in [1.807, 2.05) is 0 Å². The fourth-order valence-corrected chi connectivity index (χ4v) is 1.87. The fourth-order valence-electron chi connectivity index (χ4n) is 1.87. The second-order valence-corrected chi connectivity index (χ2v) is 3.18. The Labute approximate surface area is 67.9 Å². The molecule has 0 bridgehead atoms. The first kappa shape index (κ1) is 7.54. The van der Waals surface area contributed by atoms with Crippen LogP contribution in [0.4, 0.5) is 0 Å². The maximum atomic E-state index is 10.5. The Hall–Kier alpha value is -1.10. The van der Waals surface area contributed by atoms with Crippen molar-refractivity contribution in [2.24, 2.45) is 17.8 Å². The zero-order valence-electron chi connectivity index (χ0n) is 6.14. The Bertz CT molecular complexity index is 248. The summed E-state index contributed by atoms with van der Waals surface area (Å²) in [7, 11) is 0. The molecule has 2 N–H and O–H groups in total. The molecule has 5 nitrogen and oxygen atoms in total. The third kappa shape index (κ3) is 0.828. The van der Waals surface area contributed by atoms with Crippen LogP contribution in [0.5, 0.6) is 0 Å². The van der Waals surface area contributed by atoms with Crippen LogP contribution in [-0.2, 0) is 14.3 Å². The van der Waals surface area contributed by atoms with E-state index in [-0.39, 0.29) is 18.6 Å². The quantitative estimate of drug-likeness (QED) is 0.582. The summed E-state index contributed by atoms with van der Waals surface area (Å²) in [6.45, 7) is 0.161. The van der Waals surface area contributed by atoms with Crippen LogP contribution >= 0.6 is 0 Å². The molecule has 66 valence electrons. The minimum absolute atomic E-state index is 0.161. The molecule has 12 heavy (non-hydrogen) atoms. The van der Waals surface area contributed by atoms with Crippen molar-refractivity contribution < 1.29 is 24.5 Å². The predicted molar refractivity (Wildman–Crippen MR) is 35.5 cm³/mol. The Morgan fingerprint density at radius 1 is 1.25 bits per heavy atom. The van der Waals surface area contributed by atoms with E-state index in [9.17, 15) is 9.59 Å². The number of rotatable bonds is 2. The monoisotopic (exact) mass is 172 g/mol. The van der Waals surface area contributed by atoms with Crippen LogP contribution in [0.25, 0.3) is 0 Å². The van der Waals surface area contributed by atoms with Crippen molar-refractivity contribution in [1.82, 2.24) is 0 Å². The first-order chi connectivity index (χ1) is 5.63. The lowest BCUT2D eigenvalue weighted by Crippen LogP contribution is -2.21. The molecule has 1 heterocycles. The maximum Gasteiger partial charge on any atom is 0.309 e. The summed E-state index contributed by atoms with van der Waals surface area (Å²) in [5, 5.41) is 17.2. The van der Waals surface area contributed by atoms with Gasteiger partial charge in [-0.25, -0.2) is 0 Å². The van der Waals surface area contributed by atoms with Gasteiger partial charge in [-0.1, -0.05) is 0 Å². The smallest absolute Gasteiger partial charge is 0.309 e. The number of fused-ring (bicyclic) bond motifs is 1. The summed E-state index contributed by atoms with van der Waals surface area (Å²) >= 11 is 0. The summed E-state index contributed by atoms with van der Waals surface area (Å²) in [4.78, 5) is 21.0. The van der Waals surface area contributed by atoms with Crippen molar-refractivity contribution in [3.8, 4) is 0 Å². The minimum Gasteiger partial charge on any atom is -0.481 e. The highest BCUT2D eigenvalue weighted by atomic mass is 16.5. The number of ether oxygens (including phenoxy) is 1. The van der Waals surface area contributed by atoms with E-state index in [2.05, 4.69) is 0 Å². The molecule has 1 aliphatic carbocycles. The first-order valence-corrected chi connectivity index (χ1v) is 3.70. The van der Waals surface area contributed by atoms with Gasteiger partial charge in [-0.15, -0.1) is 0 Å². The average Bonchev–Trinajstić information content (AvgIpc) is 2.52. The molecule has 0 spiro atoms. The highest BCUT2D eigenvalue weighted by molar-refractivity contribution is 5.80. The van der Waals surface area contributed by atoms with Crippen LogP contribution in [0.15, 0.2) is 0 Å². The van der Waals surface area contributed by atoms with Gasteiger partial charge in [0.1, 0.15) is 0 Å². The molecular formula is C7H8O5. The molecule has 1 saturated carbocycles. The van der Waals surface area contributed by atoms with E-state index < -0.39 is 23.8 Å². The normalized spacial score (nSPS) is 43.7. The molecule has 0 aromatic carbocycles. The lowest BCUT2D eigenvalue weighted by atomic mass is 10.0. The number of hydrogen-bond donors (Lipinski definition) is 2. The van der Waals surface area contributed by atoms with E-state index in [1.54, 1.807) is 0 Å². The van der Waals surface area contributed by atoms with Gasteiger partial charge in [-0.3, -0.25) is 9.59 Å².